The van der Waals surface area contributed by atoms with Crippen LogP contribution in [0.5, 0.6) is 0 Å². The zero-order valence-corrected chi connectivity index (χ0v) is 8.25. The molecule has 0 bridgehead atoms. The van der Waals surface area contributed by atoms with Crippen LogP contribution < -0.4 is 5.32 Å². The number of nitrogens with zero attached hydrogens (tertiary/aromatic N) is 1. The number of nitrogens with one attached hydrogen (secondary N) is 1. The highest BCUT2D eigenvalue weighted by Gasteiger charge is 2.20. The predicted molar refractivity (Wildman–Crippen MR) is 54.8 cm³/mol. The van der Waals surface area contributed by atoms with E-state index in [4.69, 9.17) is 0 Å². The van der Waals surface area contributed by atoms with Crippen LogP contribution in [0.4, 0.5) is 5.69 Å². The lowest BCUT2D eigenvalue weighted by Gasteiger charge is -2.28. The van der Waals surface area contributed by atoms with E-state index in [1.54, 1.807) is 0 Å². The molecule has 0 saturated carbocycles. The Kier molecular flexibility index (Phi) is 2.21. The van der Waals surface area contributed by atoms with E-state index in [-0.39, 0.29) is 0 Å². The van der Waals surface area contributed by atoms with Crippen molar-refractivity contribution in [1.82, 2.24) is 4.98 Å². The Morgan fingerprint density at radius 2 is 2.38 bits per heavy atom. The van der Waals surface area contributed by atoms with Crippen molar-refractivity contribution >= 4 is 5.69 Å². The zero-order valence-electron chi connectivity index (χ0n) is 8.25. The quantitative estimate of drug-likeness (QED) is 0.710. The second kappa shape index (κ2) is 3.36. The molecule has 1 aromatic rings. The topological polar surface area (TPSA) is 24.9 Å². The maximum Gasteiger partial charge on any atom is 0.0559 e. The standard InChI is InChI=1S/C11H16N2/c1-8(2)10-5-9-3-4-12-7-11(9)13-6-10/h3-4,7-8,10,13H,5-6H2,1-2H3. The van der Waals surface area contributed by atoms with Crippen molar-refractivity contribution in [2.24, 2.45) is 11.8 Å². The maximum absolute atomic E-state index is 4.11. The number of hydrogen-bond acceptors (Lipinski definition) is 2. The average molecular weight is 176 g/mol. The van der Waals surface area contributed by atoms with Crippen molar-refractivity contribution < 1.29 is 0 Å². The fourth-order valence-corrected chi connectivity index (χ4v) is 1.83. The number of fused-ring (bicyclic) bond motifs is 1. The van der Waals surface area contributed by atoms with Crippen molar-refractivity contribution in [3.63, 3.8) is 0 Å². The van der Waals surface area contributed by atoms with Crippen molar-refractivity contribution in [1.29, 1.82) is 0 Å². The summed E-state index contributed by atoms with van der Waals surface area (Å²) >= 11 is 0. The van der Waals surface area contributed by atoms with Gasteiger partial charge in [0.05, 0.1) is 11.9 Å². The van der Waals surface area contributed by atoms with Gasteiger partial charge in [-0.3, -0.25) is 4.98 Å². The van der Waals surface area contributed by atoms with E-state index in [1.807, 2.05) is 12.4 Å². The van der Waals surface area contributed by atoms with Crippen molar-refractivity contribution in [3.05, 3.63) is 24.0 Å². The summed E-state index contributed by atoms with van der Waals surface area (Å²) in [7, 11) is 0. The molecule has 1 atom stereocenters. The van der Waals surface area contributed by atoms with E-state index in [0.29, 0.717) is 0 Å². The maximum atomic E-state index is 4.11. The highest BCUT2D eigenvalue weighted by molar-refractivity contribution is 5.51. The number of anilines is 1. The van der Waals surface area contributed by atoms with Crippen molar-refractivity contribution in [3.8, 4) is 0 Å². The van der Waals surface area contributed by atoms with Crippen LogP contribution in [0.2, 0.25) is 0 Å². The molecule has 1 unspecified atom stereocenters. The molecule has 2 heteroatoms. The van der Waals surface area contributed by atoms with Crippen LogP contribution in [0.3, 0.4) is 0 Å². The average Bonchev–Trinajstić information content (AvgIpc) is 2.17. The highest BCUT2D eigenvalue weighted by atomic mass is 14.9. The molecule has 0 aromatic carbocycles. The minimum absolute atomic E-state index is 0.758. The third-order valence-electron chi connectivity index (χ3n) is 2.89. The van der Waals surface area contributed by atoms with Gasteiger partial charge in [0.15, 0.2) is 0 Å². The first kappa shape index (κ1) is 8.54. The van der Waals surface area contributed by atoms with Gasteiger partial charge in [0.2, 0.25) is 0 Å². The largest absolute Gasteiger partial charge is 0.383 e. The minimum atomic E-state index is 0.758. The van der Waals surface area contributed by atoms with E-state index in [2.05, 4.69) is 30.2 Å². The number of hydrogen-bond donors (Lipinski definition) is 1. The SMILES string of the molecule is CC(C)C1CNc2cnccc2C1. The van der Waals surface area contributed by atoms with Gasteiger partial charge in [-0.05, 0) is 29.9 Å². The Balaban J connectivity index is 2.20. The highest BCUT2D eigenvalue weighted by Crippen LogP contribution is 2.27. The molecule has 1 N–H and O–H groups in total. The molecule has 1 aliphatic heterocycles. The number of aromatic nitrogens is 1. The van der Waals surface area contributed by atoms with Crippen LogP contribution in [0.25, 0.3) is 0 Å². The summed E-state index contributed by atoms with van der Waals surface area (Å²) in [5, 5.41) is 3.43. The van der Waals surface area contributed by atoms with E-state index in [0.717, 1.165) is 18.4 Å². The Morgan fingerprint density at radius 3 is 3.15 bits per heavy atom. The Labute approximate surface area is 79.4 Å². The van der Waals surface area contributed by atoms with Crippen LogP contribution in [-0.2, 0) is 6.42 Å². The third kappa shape index (κ3) is 1.67. The van der Waals surface area contributed by atoms with Crippen LogP contribution in [0.1, 0.15) is 19.4 Å². The molecule has 0 saturated heterocycles. The van der Waals surface area contributed by atoms with Gasteiger partial charge in [-0.25, -0.2) is 0 Å². The lowest BCUT2D eigenvalue weighted by atomic mass is 9.86. The van der Waals surface area contributed by atoms with E-state index >= 15 is 0 Å². The van der Waals surface area contributed by atoms with Gasteiger partial charge >= 0.3 is 0 Å². The van der Waals surface area contributed by atoms with Gasteiger partial charge < -0.3 is 5.32 Å². The first-order valence-electron chi connectivity index (χ1n) is 4.94. The predicted octanol–water partition coefficient (Wildman–Crippen LogP) is 2.32. The monoisotopic (exact) mass is 176 g/mol. The van der Waals surface area contributed by atoms with Crippen LogP contribution in [0, 0.1) is 11.8 Å². The van der Waals surface area contributed by atoms with E-state index < -0.39 is 0 Å². The second-order valence-corrected chi connectivity index (χ2v) is 4.12. The van der Waals surface area contributed by atoms with Gasteiger partial charge in [-0.2, -0.15) is 0 Å². The first-order chi connectivity index (χ1) is 6.27. The molecule has 70 valence electrons. The Morgan fingerprint density at radius 1 is 1.54 bits per heavy atom. The third-order valence-corrected chi connectivity index (χ3v) is 2.89. The molecule has 0 aliphatic carbocycles. The van der Waals surface area contributed by atoms with Crippen molar-refractivity contribution in [2.45, 2.75) is 20.3 Å². The second-order valence-electron chi connectivity index (χ2n) is 4.12. The first-order valence-corrected chi connectivity index (χ1v) is 4.94. The van der Waals surface area contributed by atoms with Gasteiger partial charge in [0, 0.05) is 12.7 Å². The molecule has 0 fully saturated rings. The lowest BCUT2D eigenvalue weighted by Crippen LogP contribution is -2.26. The molecule has 1 aliphatic rings. The molecule has 0 radical (unpaired) electrons. The molecule has 1 aromatic heterocycles. The van der Waals surface area contributed by atoms with Gasteiger partial charge in [0.25, 0.3) is 0 Å². The molecular weight excluding hydrogens is 160 g/mol. The van der Waals surface area contributed by atoms with E-state index in [9.17, 15) is 0 Å². The fraction of sp³-hybridized carbons (Fsp3) is 0.545. The Bertz CT molecular complexity index is 294. The Hall–Kier alpha value is -1.05. The molecular formula is C11H16N2. The summed E-state index contributed by atoms with van der Waals surface area (Å²) in [5.74, 6) is 1.53. The summed E-state index contributed by atoms with van der Waals surface area (Å²) < 4.78 is 0. The minimum Gasteiger partial charge on any atom is -0.383 e. The molecule has 13 heavy (non-hydrogen) atoms. The normalized spacial score (nSPS) is 21.0. The van der Waals surface area contributed by atoms with E-state index in [1.165, 1.54) is 17.7 Å². The molecule has 2 heterocycles. The van der Waals surface area contributed by atoms with Gasteiger partial charge in [-0.15, -0.1) is 0 Å². The smallest absolute Gasteiger partial charge is 0.0559 e. The summed E-state index contributed by atoms with van der Waals surface area (Å²) in [6.45, 7) is 5.67. The van der Waals surface area contributed by atoms with Crippen LogP contribution in [0.15, 0.2) is 18.5 Å². The summed E-state index contributed by atoms with van der Waals surface area (Å²) in [4.78, 5) is 4.11. The summed E-state index contributed by atoms with van der Waals surface area (Å²) in [6, 6.07) is 2.12. The summed E-state index contributed by atoms with van der Waals surface area (Å²) in [6.07, 6.45) is 5.00. The van der Waals surface area contributed by atoms with Crippen molar-refractivity contribution in [2.75, 3.05) is 11.9 Å². The van der Waals surface area contributed by atoms with Gasteiger partial charge in [-0.1, -0.05) is 13.8 Å². The van der Waals surface area contributed by atoms with Gasteiger partial charge in [0.1, 0.15) is 0 Å². The van der Waals surface area contributed by atoms with Crippen LogP contribution in [-0.4, -0.2) is 11.5 Å². The lowest BCUT2D eigenvalue weighted by molar-refractivity contribution is 0.393. The molecule has 2 rings (SSSR count). The summed E-state index contributed by atoms with van der Waals surface area (Å²) in [5.41, 5.74) is 2.64. The molecule has 2 nitrogen and oxygen atoms in total. The number of rotatable bonds is 1. The number of pyridine rings is 1. The molecule has 0 spiro atoms. The molecule has 0 amide bonds. The fourth-order valence-electron chi connectivity index (χ4n) is 1.83. The van der Waals surface area contributed by atoms with Crippen LogP contribution >= 0.6 is 0 Å². The zero-order chi connectivity index (χ0) is 9.26.